The first kappa shape index (κ1) is 39.7. The average Bonchev–Trinajstić information content (AvgIpc) is 3.76. The highest BCUT2D eigenvalue weighted by Gasteiger charge is 2.72. The van der Waals surface area contributed by atoms with Gasteiger partial charge >= 0.3 is 5.97 Å². The standard InChI is InChI=1S/C40H61N9O6/c1-7-36(3)20-28(51)39(6)32-27(50)8-10-40(32,26(2)33(36)54)12-11-38(39,5)55-30(53)21-46-16-18-47(19-17-46)29(52)9-14-48-25-45-31-34(48)43-24-44-35(31)49-15-13-42-23-37(49,4)22-41/h7,24-26,28,32-33,42,51,54H,1,8-23,41H2,2-6H3. The summed E-state index contributed by atoms with van der Waals surface area (Å²) in [5, 5.41) is 27.1. The number of carbonyl (C=O) groups excluding carboxylic acids is 3. The predicted octanol–water partition coefficient (Wildman–Crippen LogP) is 1.51. The van der Waals surface area contributed by atoms with E-state index in [1.165, 1.54) is 0 Å². The van der Waals surface area contributed by atoms with Gasteiger partial charge in [0.05, 0.1) is 30.6 Å². The van der Waals surface area contributed by atoms with Crippen LogP contribution in [0.1, 0.15) is 73.1 Å². The summed E-state index contributed by atoms with van der Waals surface area (Å²) in [6.45, 7) is 19.1. The third kappa shape index (κ3) is 6.38. The average molecular weight is 764 g/mol. The lowest BCUT2D eigenvalue weighted by atomic mass is 9.42. The van der Waals surface area contributed by atoms with Gasteiger partial charge < -0.3 is 40.4 Å². The molecule has 0 radical (unpaired) electrons. The molecule has 0 aromatic carbocycles. The minimum absolute atomic E-state index is 0.0210. The molecule has 5 N–H and O–H groups in total. The van der Waals surface area contributed by atoms with Crippen LogP contribution in [0, 0.1) is 28.1 Å². The van der Waals surface area contributed by atoms with Gasteiger partial charge in [-0.2, -0.15) is 0 Å². The first-order valence-corrected chi connectivity index (χ1v) is 20.1. The number of fused-ring (bicyclic) bond motifs is 1. The number of nitrogens with one attached hydrogen (secondary N) is 1. The third-order valence-corrected chi connectivity index (χ3v) is 15.1. The van der Waals surface area contributed by atoms with E-state index in [1.54, 1.807) is 18.7 Å². The summed E-state index contributed by atoms with van der Waals surface area (Å²) in [6.07, 6.45) is 5.85. The number of amides is 1. The van der Waals surface area contributed by atoms with E-state index in [-0.39, 0.29) is 42.5 Å². The maximum absolute atomic E-state index is 13.8. The third-order valence-electron chi connectivity index (χ3n) is 15.1. The Kier molecular flexibility index (Phi) is 10.4. The van der Waals surface area contributed by atoms with E-state index < -0.39 is 45.9 Å². The SMILES string of the molecule is C=CC1(C)CC(O)C2(C)C3C(=O)CCC3(CCC2(C)OC(=O)CN2CCN(C(=O)CCn3cnc4c(N5CCNCC5(C)CN)ncnc43)CC2)C(C)C1O. The first-order chi connectivity index (χ1) is 26.1. The summed E-state index contributed by atoms with van der Waals surface area (Å²) in [7, 11) is 0. The van der Waals surface area contributed by atoms with Crippen LogP contribution in [0.2, 0.25) is 0 Å². The Hall–Kier alpha value is -3.50. The Bertz CT molecular complexity index is 1820. The molecule has 2 bridgehead atoms. The molecule has 9 atom stereocenters. The van der Waals surface area contributed by atoms with E-state index in [9.17, 15) is 24.6 Å². The Morgan fingerprint density at radius 2 is 1.82 bits per heavy atom. The van der Waals surface area contributed by atoms with Gasteiger partial charge in [0.2, 0.25) is 5.91 Å². The maximum atomic E-state index is 13.8. The molecule has 4 heterocycles. The number of piperazine rings is 2. The van der Waals surface area contributed by atoms with Gasteiger partial charge in [0.1, 0.15) is 17.7 Å². The van der Waals surface area contributed by atoms with E-state index in [2.05, 4.69) is 38.7 Å². The number of esters is 1. The van der Waals surface area contributed by atoms with Gasteiger partial charge in [0.25, 0.3) is 0 Å². The molecule has 5 aliphatic rings. The summed E-state index contributed by atoms with van der Waals surface area (Å²) >= 11 is 0. The molecule has 0 spiro atoms. The highest BCUT2D eigenvalue weighted by molar-refractivity contribution is 5.86. The zero-order valence-electron chi connectivity index (χ0n) is 33.3. The van der Waals surface area contributed by atoms with Crippen LogP contribution < -0.4 is 16.0 Å². The van der Waals surface area contributed by atoms with E-state index in [1.807, 2.05) is 42.1 Å². The fourth-order valence-electron chi connectivity index (χ4n) is 11.2. The second-order valence-electron chi connectivity index (χ2n) is 18.0. The molecule has 9 unspecified atom stereocenters. The largest absolute Gasteiger partial charge is 0.458 e. The molecule has 2 aliphatic heterocycles. The van der Waals surface area contributed by atoms with Crippen molar-refractivity contribution in [2.45, 2.75) is 103 Å². The minimum atomic E-state index is -1.10. The first-order valence-electron chi connectivity index (χ1n) is 20.1. The number of imidazole rings is 1. The van der Waals surface area contributed by atoms with Crippen LogP contribution in [0.15, 0.2) is 25.3 Å². The number of rotatable bonds is 9. The number of aromatic nitrogens is 4. The normalized spacial score (nSPS) is 38.4. The lowest BCUT2D eigenvalue weighted by molar-refractivity contribution is -0.252. The zero-order valence-corrected chi connectivity index (χ0v) is 33.3. The zero-order chi connectivity index (χ0) is 39.6. The van der Waals surface area contributed by atoms with Gasteiger partial charge in [-0.15, -0.1) is 6.58 Å². The van der Waals surface area contributed by atoms with Crippen LogP contribution >= 0.6 is 0 Å². The van der Waals surface area contributed by atoms with E-state index in [0.29, 0.717) is 76.1 Å². The van der Waals surface area contributed by atoms with E-state index in [0.717, 1.165) is 25.5 Å². The molecule has 2 saturated heterocycles. The van der Waals surface area contributed by atoms with Gasteiger partial charge in [0.15, 0.2) is 17.0 Å². The quantitative estimate of drug-likeness (QED) is 0.213. The number of ketones is 1. The summed E-state index contributed by atoms with van der Waals surface area (Å²) < 4.78 is 8.31. The molecular formula is C40H61N9O6. The van der Waals surface area contributed by atoms with Gasteiger partial charge in [-0.25, -0.2) is 15.0 Å². The highest BCUT2D eigenvalue weighted by atomic mass is 16.6. The smallest absolute Gasteiger partial charge is 0.320 e. The van der Waals surface area contributed by atoms with Crippen LogP contribution in [-0.2, 0) is 25.7 Å². The molecule has 15 heteroatoms. The predicted molar refractivity (Wildman–Crippen MR) is 207 cm³/mol. The number of hydrogen-bond acceptors (Lipinski definition) is 13. The molecule has 2 aromatic heterocycles. The topological polar surface area (TPSA) is 192 Å². The Labute approximate surface area is 324 Å². The van der Waals surface area contributed by atoms with Crippen LogP contribution in [0.3, 0.4) is 0 Å². The summed E-state index contributed by atoms with van der Waals surface area (Å²) in [5.41, 5.74) is 3.81. The molecule has 302 valence electrons. The van der Waals surface area contributed by atoms with Gasteiger partial charge in [-0.3, -0.25) is 19.3 Å². The molecule has 5 fully saturated rings. The Morgan fingerprint density at radius 1 is 1.07 bits per heavy atom. The van der Waals surface area contributed by atoms with Gasteiger partial charge in [-0.05, 0) is 50.9 Å². The number of nitrogens with zero attached hydrogens (tertiary/aromatic N) is 7. The van der Waals surface area contributed by atoms with Crippen molar-refractivity contribution in [2.75, 3.05) is 63.8 Å². The molecule has 3 aliphatic carbocycles. The van der Waals surface area contributed by atoms with E-state index >= 15 is 0 Å². The molecule has 7 rings (SSSR count). The van der Waals surface area contributed by atoms with Crippen molar-refractivity contribution in [2.24, 2.45) is 33.8 Å². The fraction of sp³-hybridized carbons (Fsp3) is 0.750. The van der Waals surface area contributed by atoms with Crippen LogP contribution in [0.25, 0.3) is 11.2 Å². The van der Waals surface area contributed by atoms with Crippen LogP contribution in [0.5, 0.6) is 0 Å². The number of anilines is 1. The maximum Gasteiger partial charge on any atom is 0.320 e. The van der Waals surface area contributed by atoms with Gasteiger partial charge in [0, 0.05) is 88.5 Å². The number of Topliss-reactive ketones (excluding diaryl/α,β-unsaturated/α-hetero) is 1. The number of hydrogen-bond donors (Lipinski definition) is 4. The van der Waals surface area contributed by atoms with Crippen molar-refractivity contribution in [3.63, 3.8) is 0 Å². The number of nitrogens with two attached hydrogens (primary N) is 1. The number of aliphatic hydroxyl groups is 2. The van der Waals surface area contributed by atoms with Crippen molar-refractivity contribution < 1.29 is 29.3 Å². The molecule has 2 aromatic rings. The number of aryl methyl sites for hydroxylation is 1. The molecular weight excluding hydrogens is 702 g/mol. The van der Waals surface area contributed by atoms with Crippen LogP contribution in [-0.4, -0.2) is 139 Å². The van der Waals surface area contributed by atoms with Crippen molar-refractivity contribution in [1.29, 1.82) is 0 Å². The van der Waals surface area contributed by atoms with Gasteiger partial charge in [-0.1, -0.05) is 26.8 Å². The molecule has 15 nitrogen and oxygen atoms in total. The summed E-state index contributed by atoms with van der Waals surface area (Å²) in [5.74, 6) is -0.296. The lowest BCUT2D eigenvalue weighted by Gasteiger charge is -2.64. The number of aliphatic hydroxyl groups excluding tert-OH is 2. The van der Waals surface area contributed by atoms with Crippen molar-refractivity contribution in [3.8, 4) is 0 Å². The number of ether oxygens (including phenoxy) is 1. The van der Waals surface area contributed by atoms with E-state index in [4.69, 9.17) is 10.5 Å². The fourth-order valence-corrected chi connectivity index (χ4v) is 11.2. The monoisotopic (exact) mass is 763 g/mol. The van der Waals surface area contributed by atoms with Crippen molar-refractivity contribution in [1.82, 2.24) is 34.6 Å². The van der Waals surface area contributed by atoms with Crippen LogP contribution in [0.4, 0.5) is 5.82 Å². The van der Waals surface area contributed by atoms with Crippen molar-refractivity contribution in [3.05, 3.63) is 25.3 Å². The number of carbonyl (C=O) groups is 3. The second kappa shape index (κ2) is 14.5. The second-order valence-corrected chi connectivity index (χ2v) is 18.0. The summed E-state index contributed by atoms with van der Waals surface area (Å²) in [4.78, 5) is 60.7. The van der Waals surface area contributed by atoms with Crippen molar-refractivity contribution >= 4 is 34.6 Å². The minimum Gasteiger partial charge on any atom is -0.458 e. The highest BCUT2D eigenvalue weighted by Crippen LogP contribution is 2.69. The summed E-state index contributed by atoms with van der Waals surface area (Å²) in [6, 6.07) is 0. The molecule has 1 amide bonds. The Morgan fingerprint density at radius 3 is 2.53 bits per heavy atom. The molecule has 55 heavy (non-hydrogen) atoms. The lowest BCUT2D eigenvalue weighted by Crippen LogP contribution is -2.69. The molecule has 3 saturated carbocycles. The Balaban J connectivity index is 0.967.